The number of thioether (sulfide) groups is 1. The third kappa shape index (κ3) is 6.27. The first kappa shape index (κ1) is 23.3. The van der Waals surface area contributed by atoms with E-state index in [4.69, 9.17) is 0 Å². The Morgan fingerprint density at radius 2 is 1.86 bits per heavy atom. The second kappa shape index (κ2) is 11.9. The minimum absolute atomic E-state index is 0. The minimum Gasteiger partial charge on any atom is -0.352 e. The first-order valence-electron chi connectivity index (χ1n) is 10.2. The molecule has 2 aliphatic heterocycles. The van der Waals surface area contributed by atoms with Crippen molar-refractivity contribution in [3.8, 4) is 0 Å². The number of benzene rings is 1. The molecule has 1 unspecified atom stereocenters. The van der Waals surface area contributed by atoms with Gasteiger partial charge in [0, 0.05) is 56.3 Å². The van der Waals surface area contributed by atoms with Gasteiger partial charge in [0.2, 0.25) is 0 Å². The number of carbonyl (C=O) groups excluding carboxylic acids is 1. The maximum Gasteiger partial charge on any atom is 0.253 e. The van der Waals surface area contributed by atoms with E-state index in [0.29, 0.717) is 5.25 Å². The van der Waals surface area contributed by atoms with Crippen molar-refractivity contribution >= 4 is 47.6 Å². The van der Waals surface area contributed by atoms with Crippen LogP contribution in [0.3, 0.4) is 0 Å². The van der Waals surface area contributed by atoms with Gasteiger partial charge in [-0.15, -0.1) is 24.0 Å². The zero-order valence-electron chi connectivity index (χ0n) is 17.0. The summed E-state index contributed by atoms with van der Waals surface area (Å²) in [5.74, 6) is 2.30. The molecule has 28 heavy (non-hydrogen) atoms. The van der Waals surface area contributed by atoms with Crippen LogP contribution in [0.2, 0.25) is 0 Å². The van der Waals surface area contributed by atoms with Crippen LogP contribution in [0.5, 0.6) is 0 Å². The lowest BCUT2D eigenvalue weighted by atomic mass is 10.1. The van der Waals surface area contributed by atoms with Crippen molar-refractivity contribution in [1.82, 2.24) is 15.1 Å². The number of hydrogen-bond acceptors (Lipinski definition) is 3. The van der Waals surface area contributed by atoms with Crippen LogP contribution in [-0.4, -0.2) is 65.9 Å². The van der Waals surface area contributed by atoms with Crippen LogP contribution in [-0.2, 0) is 6.54 Å². The molecular weight excluding hydrogens is 483 g/mol. The highest BCUT2D eigenvalue weighted by molar-refractivity contribution is 14.0. The molecule has 2 heterocycles. The highest BCUT2D eigenvalue weighted by Gasteiger charge is 2.21. The molecular formula is C21H33IN4OS. The molecule has 2 aliphatic rings. The molecule has 7 heteroatoms. The van der Waals surface area contributed by atoms with E-state index in [1.54, 1.807) is 0 Å². The molecule has 1 aromatic carbocycles. The SMILES string of the molecule is CCC1CN(C(=NC)NCc2ccc(C(=O)N3CCCCC3)cc2)CCS1.I. The number of rotatable bonds is 4. The molecule has 156 valence electrons. The molecule has 0 aromatic heterocycles. The van der Waals surface area contributed by atoms with E-state index in [-0.39, 0.29) is 29.9 Å². The van der Waals surface area contributed by atoms with Crippen LogP contribution in [0.15, 0.2) is 29.3 Å². The van der Waals surface area contributed by atoms with Gasteiger partial charge < -0.3 is 15.1 Å². The molecule has 0 saturated carbocycles. The Morgan fingerprint density at radius 3 is 2.50 bits per heavy atom. The van der Waals surface area contributed by atoms with Gasteiger partial charge in [-0.25, -0.2) is 0 Å². The fraction of sp³-hybridized carbons (Fsp3) is 0.619. The van der Waals surface area contributed by atoms with E-state index in [1.807, 2.05) is 24.1 Å². The number of piperidine rings is 1. The predicted octanol–water partition coefficient (Wildman–Crippen LogP) is 3.83. The van der Waals surface area contributed by atoms with Crippen molar-refractivity contribution in [3.63, 3.8) is 0 Å². The van der Waals surface area contributed by atoms with Gasteiger partial charge in [0.05, 0.1) is 0 Å². The Hall–Kier alpha value is -0.960. The van der Waals surface area contributed by atoms with E-state index in [0.717, 1.165) is 62.8 Å². The van der Waals surface area contributed by atoms with Gasteiger partial charge >= 0.3 is 0 Å². The molecule has 2 fully saturated rings. The van der Waals surface area contributed by atoms with E-state index < -0.39 is 0 Å². The van der Waals surface area contributed by atoms with Crippen LogP contribution in [0.1, 0.15) is 48.5 Å². The van der Waals surface area contributed by atoms with Gasteiger partial charge in [0.1, 0.15) is 0 Å². The summed E-state index contributed by atoms with van der Waals surface area (Å²) >= 11 is 2.06. The van der Waals surface area contributed by atoms with Crippen molar-refractivity contribution in [2.24, 2.45) is 4.99 Å². The number of amides is 1. The molecule has 1 amide bonds. The molecule has 0 spiro atoms. The smallest absolute Gasteiger partial charge is 0.253 e. The van der Waals surface area contributed by atoms with Crippen LogP contribution in [0.25, 0.3) is 0 Å². The number of hydrogen-bond donors (Lipinski definition) is 1. The Morgan fingerprint density at radius 1 is 1.14 bits per heavy atom. The van der Waals surface area contributed by atoms with Gasteiger partial charge in [-0.1, -0.05) is 19.1 Å². The van der Waals surface area contributed by atoms with Crippen LogP contribution >= 0.6 is 35.7 Å². The average Bonchev–Trinajstić information content (AvgIpc) is 2.75. The largest absolute Gasteiger partial charge is 0.352 e. The third-order valence-corrected chi connectivity index (χ3v) is 6.77. The first-order chi connectivity index (χ1) is 13.2. The second-order valence-electron chi connectivity index (χ2n) is 7.30. The number of likely N-dealkylation sites (tertiary alicyclic amines) is 1. The van der Waals surface area contributed by atoms with Gasteiger partial charge in [-0.05, 0) is 43.4 Å². The number of aliphatic imine (C=N–C) groups is 1. The van der Waals surface area contributed by atoms with Crippen molar-refractivity contribution in [1.29, 1.82) is 0 Å². The molecule has 1 atom stereocenters. The van der Waals surface area contributed by atoms with Gasteiger partial charge in [-0.3, -0.25) is 9.79 Å². The van der Waals surface area contributed by atoms with Crippen LogP contribution in [0.4, 0.5) is 0 Å². The van der Waals surface area contributed by atoms with Crippen molar-refractivity contribution in [2.75, 3.05) is 39.0 Å². The fourth-order valence-electron chi connectivity index (χ4n) is 3.72. The second-order valence-corrected chi connectivity index (χ2v) is 8.71. The molecule has 1 aromatic rings. The van der Waals surface area contributed by atoms with E-state index in [9.17, 15) is 4.79 Å². The summed E-state index contributed by atoms with van der Waals surface area (Å²) in [6.07, 6.45) is 4.69. The van der Waals surface area contributed by atoms with E-state index in [2.05, 4.69) is 46.0 Å². The zero-order chi connectivity index (χ0) is 19.1. The summed E-state index contributed by atoms with van der Waals surface area (Å²) in [5, 5.41) is 4.18. The Bertz CT molecular complexity index is 646. The lowest BCUT2D eigenvalue weighted by Gasteiger charge is -2.34. The lowest BCUT2D eigenvalue weighted by molar-refractivity contribution is 0.0724. The fourth-order valence-corrected chi connectivity index (χ4v) is 4.90. The molecule has 0 radical (unpaired) electrons. The number of nitrogens with zero attached hydrogens (tertiary/aromatic N) is 3. The number of carbonyl (C=O) groups is 1. The summed E-state index contributed by atoms with van der Waals surface area (Å²) < 4.78 is 0. The van der Waals surface area contributed by atoms with Gasteiger partial charge in [0.25, 0.3) is 5.91 Å². The highest BCUT2D eigenvalue weighted by Crippen LogP contribution is 2.21. The van der Waals surface area contributed by atoms with Crippen LogP contribution in [0, 0.1) is 0 Å². The molecule has 0 aliphatic carbocycles. The van der Waals surface area contributed by atoms with Gasteiger partial charge in [-0.2, -0.15) is 11.8 Å². The Labute approximate surface area is 190 Å². The molecule has 0 bridgehead atoms. The topological polar surface area (TPSA) is 47.9 Å². The summed E-state index contributed by atoms with van der Waals surface area (Å²) in [4.78, 5) is 21.4. The summed E-state index contributed by atoms with van der Waals surface area (Å²) in [6, 6.07) is 8.03. The maximum absolute atomic E-state index is 12.6. The third-order valence-electron chi connectivity index (χ3n) is 5.40. The van der Waals surface area contributed by atoms with Gasteiger partial charge in [0.15, 0.2) is 5.96 Å². The quantitative estimate of drug-likeness (QED) is 0.376. The molecule has 1 N–H and O–H groups in total. The first-order valence-corrected chi connectivity index (χ1v) is 11.2. The molecule has 3 rings (SSSR count). The molecule has 5 nitrogen and oxygen atoms in total. The number of halogens is 1. The summed E-state index contributed by atoms with van der Waals surface area (Å²) in [6.45, 7) is 6.88. The normalized spacial score (nSPS) is 20.5. The van der Waals surface area contributed by atoms with Crippen molar-refractivity contribution in [2.45, 2.75) is 44.4 Å². The minimum atomic E-state index is 0. The monoisotopic (exact) mass is 516 g/mol. The molecule has 2 saturated heterocycles. The average molecular weight is 516 g/mol. The van der Waals surface area contributed by atoms with Crippen molar-refractivity contribution in [3.05, 3.63) is 35.4 Å². The van der Waals surface area contributed by atoms with Crippen molar-refractivity contribution < 1.29 is 4.79 Å². The zero-order valence-corrected chi connectivity index (χ0v) is 20.2. The van der Waals surface area contributed by atoms with E-state index >= 15 is 0 Å². The predicted molar refractivity (Wildman–Crippen MR) is 130 cm³/mol. The Balaban J connectivity index is 0.00000280. The lowest BCUT2D eigenvalue weighted by Crippen LogP contribution is -2.47. The van der Waals surface area contributed by atoms with E-state index in [1.165, 1.54) is 18.4 Å². The maximum atomic E-state index is 12.6. The number of nitrogens with one attached hydrogen (secondary N) is 1. The summed E-state index contributed by atoms with van der Waals surface area (Å²) in [7, 11) is 1.85. The van der Waals surface area contributed by atoms with Crippen LogP contribution < -0.4 is 5.32 Å². The summed E-state index contributed by atoms with van der Waals surface area (Å²) in [5.41, 5.74) is 1.97. The number of guanidine groups is 1. The highest BCUT2D eigenvalue weighted by atomic mass is 127. The Kier molecular flexibility index (Phi) is 9.91. The standard InChI is InChI=1S/C21H32N4OS.HI/c1-3-19-16-25(13-14-27-19)21(22-2)23-15-17-7-9-18(10-8-17)20(26)24-11-5-4-6-12-24;/h7-10,19H,3-6,11-16H2,1-2H3,(H,22,23);1H.